The molecule has 0 spiro atoms. The molecule has 0 aromatic heterocycles. The number of ketones is 1. The molecular weight excluding hydrogens is 486 g/mol. The van der Waals surface area contributed by atoms with Gasteiger partial charge in [-0.2, -0.15) is 26.3 Å². The maximum absolute atomic E-state index is 12.0. The fraction of sp³-hybridized carbons (Fsp3) is 0.407. The number of carbonyl (C=O) groups is 2. The molecule has 0 amide bonds. The molecule has 1 fully saturated rings. The minimum Gasteiger partial charge on any atom is -0.483 e. The molecule has 2 aromatic rings. The first-order chi connectivity index (χ1) is 16.6. The van der Waals surface area contributed by atoms with Crippen LogP contribution in [0.3, 0.4) is 0 Å². The third kappa shape index (κ3) is 15.0. The molecule has 2 aromatic carbocycles. The minimum atomic E-state index is -4.34. The molecule has 0 bridgehead atoms. The number of Topliss-reactive ketones (excluding diaryl/α,β-unsaturated/α-hetero) is 1. The van der Waals surface area contributed by atoms with Crippen molar-refractivity contribution in [3.05, 3.63) is 77.4 Å². The molecule has 1 aliphatic carbocycles. The largest absolute Gasteiger partial charge is 0.483 e. The lowest BCUT2D eigenvalue weighted by atomic mass is 9.71. The first-order valence-electron chi connectivity index (χ1n) is 11.2. The summed E-state index contributed by atoms with van der Waals surface area (Å²) in [6.07, 6.45) is -0.903. The van der Waals surface area contributed by atoms with E-state index < -0.39 is 17.9 Å². The summed E-state index contributed by atoms with van der Waals surface area (Å²) in [5.41, 5.74) is 2.27. The van der Waals surface area contributed by atoms with Gasteiger partial charge in [0.15, 0.2) is 5.78 Å². The van der Waals surface area contributed by atoms with E-state index >= 15 is 0 Å². The van der Waals surface area contributed by atoms with Crippen LogP contribution >= 0.6 is 0 Å². The highest BCUT2D eigenvalue weighted by Crippen LogP contribution is 2.38. The van der Waals surface area contributed by atoms with E-state index in [1.165, 1.54) is 55.9 Å². The molecule has 3 nitrogen and oxygen atoms in total. The molecule has 202 valence electrons. The fourth-order valence-corrected chi connectivity index (χ4v) is 3.45. The van der Waals surface area contributed by atoms with Crippen LogP contribution < -0.4 is 0 Å². The second-order valence-electron chi connectivity index (χ2n) is 8.28. The maximum atomic E-state index is 12.0. The molecule has 1 N–H and O–H groups in total. The van der Waals surface area contributed by atoms with E-state index in [1.54, 1.807) is 0 Å². The second-order valence-corrected chi connectivity index (χ2v) is 8.28. The number of alkyl halides is 6. The Hall–Kier alpha value is -3.10. The van der Waals surface area contributed by atoms with Gasteiger partial charge in [0, 0.05) is 13.9 Å². The van der Waals surface area contributed by atoms with Crippen LogP contribution in [-0.2, 0) is 17.4 Å². The third-order valence-corrected chi connectivity index (χ3v) is 5.24. The van der Waals surface area contributed by atoms with Gasteiger partial charge in [0.25, 0.3) is 6.47 Å². The van der Waals surface area contributed by atoms with Gasteiger partial charge in [-0.25, -0.2) is 0 Å². The predicted molar refractivity (Wildman–Crippen MR) is 131 cm³/mol. The smallest absolute Gasteiger partial charge is 0.416 e. The minimum absolute atomic E-state index is 0. The van der Waals surface area contributed by atoms with Crippen molar-refractivity contribution < 1.29 is 42.5 Å². The van der Waals surface area contributed by atoms with Gasteiger partial charge >= 0.3 is 12.4 Å². The van der Waals surface area contributed by atoms with E-state index in [-0.39, 0.29) is 26.2 Å². The van der Waals surface area contributed by atoms with Gasteiger partial charge in [0.1, 0.15) is 0 Å². The van der Waals surface area contributed by atoms with E-state index in [4.69, 9.17) is 9.90 Å². The monoisotopic (exact) mass is 520 g/mol. The van der Waals surface area contributed by atoms with Gasteiger partial charge < -0.3 is 5.11 Å². The number of carboxylic acid groups (broad SMARTS) is 1. The van der Waals surface area contributed by atoms with Crippen LogP contribution in [0.5, 0.6) is 0 Å². The van der Waals surface area contributed by atoms with Gasteiger partial charge in [-0.3, -0.25) is 9.59 Å². The van der Waals surface area contributed by atoms with Crippen molar-refractivity contribution in [3.63, 3.8) is 0 Å². The van der Waals surface area contributed by atoms with Crippen molar-refractivity contribution in [2.24, 2.45) is 11.8 Å². The quantitative estimate of drug-likeness (QED) is 0.244. The summed E-state index contributed by atoms with van der Waals surface area (Å²) in [7, 11) is 0. The van der Waals surface area contributed by atoms with E-state index in [9.17, 15) is 31.1 Å². The number of halogens is 6. The predicted octanol–water partition coefficient (Wildman–Crippen LogP) is 8.73. The third-order valence-electron chi connectivity index (χ3n) is 5.24. The van der Waals surface area contributed by atoms with Crippen molar-refractivity contribution in [1.29, 1.82) is 0 Å². The number of hydrogen-bond donors (Lipinski definition) is 1. The standard InChI is InChI=1S/C15H20.C9H7F3O.C2H3F3.CH2O2.H2/c1-3-12-6-5-7-14(8-12)11-15-9-13(4-2)10-15;1-6(13)7-2-4-8(5-3-7)9(10,11)12;1-2(3,4)5;2-1-3;/h3,5-8,13,15H,1,4,9-11H2,2H3;2-5H,1H3;1H3;1H,(H,2,3);1H. The Labute approximate surface area is 209 Å². The Balaban J connectivity index is 0. The van der Waals surface area contributed by atoms with Crippen LogP contribution in [0.4, 0.5) is 26.3 Å². The molecule has 36 heavy (non-hydrogen) atoms. The zero-order chi connectivity index (χ0) is 27.9. The summed E-state index contributed by atoms with van der Waals surface area (Å²) >= 11 is 0. The Morgan fingerprint density at radius 2 is 1.56 bits per heavy atom. The first kappa shape index (κ1) is 32.9. The van der Waals surface area contributed by atoms with Crippen molar-refractivity contribution in [1.82, 2.24) is 0 Å². The van der Waals surface area contributed by atoms with E-state index in [0.29, 0.717) is 0 Å². The van der Waals surface area contributed by atoms with Gasteiger partial charge in [-0.15, -0.1) is 0 Å². The number of benzene rings is 2. The van der Waals surface area contributed by atoms with Crippen molar-refractivity contribution in [2.75, 3.05) is 0 Å². The van der Waals surface area contributed by atoms with Crippen LogP contribution in [0, 0.1) is 11.8 Å². The Bertz CT molecular complexity index is 928. The molecule has 0 unspecified atom stereocenters. The topological polar surface area (TPSA) is 54.4 Å². The number of hydrogen-bond acceptors (Lipinski definition) is 2. The number of carbonyl (C=O) groups excluding carboxylic acids is 1. The highest BCUT2D eigenvalue weighted by atomic mass is 19.4. The zero-order valence-electron chi connectivity index (χ0n) is 20.5. The van der Waals surface area contributed by atoms with Crippen molar-refractivity contribution >= 4 is 18.3 Å². The lowest BCUT2D eigenvalue weighted by molar-refractivity contribution is -0.137. The van der Waals surface area contributed by atoms with E-state index in [1.807, 2.05) is 6.08 Å². The summed E-state index contributed by atoms with van der Waals surface area (Å²) in [6.45, 7) is 7.36. The molecule has 0 atom stereocenters. The molecule has 1 aliphatic rings. The van der Waals surface area contributed by atoms with Crippen LogP contribution in [-0.4, -0.2) is 23.5 Å². The van der Waals surface area contributed by atoms with Gasteiger partial charge in [0.2, 0.25) is 0 Å². The van der Waals surface area contributed by atoms with Gasteiger partial charge in [0.05, 0.1) is 5.56 Å². The number of rotatable bonds is 5. The van der Waals surface area contributed by atoms with Gasteiger partial charge in [-0.05, 0) is 61.3 Å². The fourth-order valence-electron chi connectivity index (χ4n) is 3.45. The van der Waals surface area contributed by atoms with Crippen LogP contribution in [0.2, 0.25) is 0 Å². The average Bonchev–Trinajstić information content (AvgIpc) is 2.75. The molecule has 0 aliphatic heterocycles. The molecule has 1 saturated carbocycles. The van der Waals surface area contributed by atoms with Crippen LogP contribution in [0.25, 0.3) is 6.08 Å². The summed E-state index contributed by atoms with van der Waals surface area (Å²) in [5.74, 6) is 1.71. The Kier molecular flexibility index (Phi) is 14.4. The van der Waals surface area contributed by atoms with E-state index in [0.717, 1.165) is 24.0 Å². The summed E-state index contributed by atoms with van der Waals surface area (Å²) in [4.78, 5) is 19.1. The lowest BCUT2D eigenvalue weighted by Crippen LogP contribution is -2.24. The maximum Gasteiger partial charge on any atom is 0.416 e. The molecule has 0 radical (unpaired) electrons. The van der Waals surface area contributed by atoms with Crippen LogP contribution in [0.1, 0.15) is 68.5 Å². The molecular formula is C27H34F6O3. The van der Waals surface area contributed by atoms with E-state index in [2.05, 4.69) is 37.8 Å². The molecule has 9 heteroatoms. The molecule has 3 rings (SSSR count). The Morgan fingerprint density at radius 3 is 1.94 bits per heavy atom. The average molecular weight is 521 g/mol. The highest BCUT2D eigenvalue weighted by molar-refractivity contribution is 5.94. The first-order valence-corrected chi connectivity index (χ1v) is 11.2. The second kappa shape index (κ2) is 15.8. The molecule has 0 heterocycles. The van der Waals surface area contributed by atoms with Crippen LogP contribution in [0.15, 0.2) is 55.1 Å². The van der Waals surface area contributed by atoms with Crippen molar-refractivity contribution in [3.8, 4) is 0 Å². The highest BCUT2D eigenvalue weighted by Gasteiger charge is 2.30. The zero-order valence-corrected chi connectivity index (χ0v) is 20.5. The molecule has 0 saturated heterocycles. The van der Waals surface area contributed by atoms with Crippen molar-refractivity contribution in [2.45, 2.75) is 58.8 Å². The lowest BCUT2D eigenvalue weighted by Gasteiger charge is -2.34. The summed E-state index contributed by atoms with van der Waals surface area (Å²) in [6, 6.07) is 12.9. The summed E-state index contributed by atoms with van der Waals surface area (Å²) in [5, 5.41) is 6.89. The van der Waals surface area contributed by atoms with Gasteiger partial charge in [-0.1, -0.05) is 62.4 Å². The summed E-state index contributed by atoms with van der Waals surface area (Å²) < 4.78 is 67.2. The Morgan fingerprint density at radius 1 is 1.06 bits per heavy atom. The normalized spacial score (nSPS) is 16.4. The SMILES string of the molecule is C=Cc1cccc(CC2CC(CC)C2)c1.CC(=O)c1ccc(C(F)(F)F)cc1.CC(F)(F)F.O=CO.[HH].